The Kier molecular flexibility index (Phi) is 6.20. The number of sulfone groups is 1. The van der Waals surface area contributed by atoms with E-state index >= 15 is 0 Å². The minimum atomic E-state index is -3.27. The van der Waals surface area contributed by atoms with Gasteiger partial charge < -0.3 is 9.64 Å². The Morgan fingerprint density at radius 2 is 1.56 bits per heavy atom. The Morgan fingerprint density at radius 3 is 2.04 bits per heavy atom. The van der Waals surface area contributed by atoms with Gasteiger partial charge in [-0.2, -0.15) is 0 Å². The zero-order chi connectivity index (χ0) is 18.4. The Morgan fingerprint density at radius 1 is 1.00 bits per heavy atom. The molecule has 5 nitrogen and oxygen atoms in total. The SMILES string of the molecule is CCN(CC)C(=O)C(Oc1ccc(S(C)(=O)=O)cc1)c1ccccc1. The highest BCUT2D eigenvalue weighted by Crippen LogP contribution is 2.25. The van der Waals surface area contributed by atoms with Crippen LogP contribution in [0.1, 0.15) is 25.5 Å². The topological polar surface area (TPSA) is 63.7 Å². The third-order valence-corrected chi connectivity index (χ3v) is 5.04. The van der Waals surface area contributed by atoms with Gasteiger partial charge in [0.1, 0.15) is 5.75 Å². The summed E-state index contributed by atoms with van der Waals surface area (Å²) in [6.07, 6.45) is 0.379. The summed E-state index contributed by atoms with van der Waals surface area (Å²) in [7, 11) is -3.27. The molecular formula is C19H23NO4S. The minimum Gasteiger partial charge on any atom is -0.476 e. The second kappa shape index (κ2) is 8.16. The minimum absolute atomic E-state index is 0.122. The average Bonchev–Trinajstić information content (AvgIpc) is 2.61. The van der Waals surface area contributed by atoms with E-state index in [1.54, 1.807) is 17.0 Å². The molecule has 0 aliphatic carbocycles. The van der Waals surface area contributed by atoms with Crippen molar-refractivity contribution in [3.05, 3.63) is 60.2 Å². The summed E-state index contributed by atoms with van der Waals surface area (Å²) in [4.78, 5) is 14.8. The molecule has 0 spiro atoms. The monoisotopic (exact) mass is 361 g/mol. The Hall–Kier alpha value is -2.34. The van der Waals surface area contributed by atoms with Crippen molar-refractivity contribution in [2.45, 2.75) is 24.8 Å². The van der Waals surface area contributed by atoms with Crippen LogP contribution in [-0.2, 0) is 14.6 Å². The van der Waals surface area contributed by atoms with Crippen molar-refractivity contribution in [1.82, 2.24) is 4.90 Å². The van der Waals surface area contributed by atoms with E-state index < -0.39 is 15.9 Å². The lowest BCUT2D eigenvalue weighted by Crippen LogP contribution is -2.37. The van der Waals surface area contributed by atoms with Gasteiger partial charge in [-0.1, -0.05) is 30.3 Å². The fourth-order valence-corrected chi connectivity index (χ4v) is 3.12. The van der Waals surface area contributed by atoms with Gasteiger partial charge in [-0.3, -0.25) is 4.79 Å². The van der Waals surface area contributed by atoms with Gasteiger partial charge in [0, 0.05) is 24.9 Å². The van der Waals surface area contributed by atoms with E-state index in [0.29, 0.717) is 18.8 Å². The first-order valence-electron chi connectivity index (χ1n) is 8.17. The van der Waals surface area contributed by atoms with Crippen LogP contribution in [0.25, 0.3) is 0 Å². The second-order valence-corrected chi connectivity index (χ2v) is 7.68. The number of carbonyl (C=O) groups is 1. The van der Waals surface area contributed by atoms with E-state index in [0.717, 1.165) is 11.8 Å². The van der Waals surface area contributed by atoms with E-state index in [4.69, 9.17) is 4.74 Å². The normalized spacial score (nSPS) is 12.4. The van der Waals surface area contributed by atoms with Crippen molar-refractivity contribution in [2.24, 2.45) is 0 Å². The molecule has 1 amide bonds. The summed E-state index contributed by atoms with van der Waals surface area (Å²) in [5.74, 6) is 0.324. The van der Waals surface area contributed by atoms with Crippen LogP contribution in [0.4, 0.5) is 0 Å². The smallest absolute Gasteiger partial charge is 0.268 e. The molecule has 1 atom stereocenters. The molecule has 134 valence electrons. The van der Waals surface area contributed by atoms with Crippen LogP contribution in [-0.4, -0.2) is 38.6 Å². The van der Waals surface area contributed by atoms with Crippen LogP contribution in [0.15, 0.2) is 59.5 Å². The van der Waals surface area contributed by atoms with E-state index in [9.17, 15) is 13.2 Å². The first-order chi connectivity index (χ1) is 11.9. The van der Waals surface area contributed by atoms with Gasteiger partial charge in [-0.25, -0.2) is 8.42 Å². The summed E-state index contributed by atoms with van der Waals surface area (Å²) >= 11 is 0. The zero-order valence-electron chi connectivity index (χ0n) is 14.7. The van der Waals surface area contributed by atoms with Crippen LogP contribution in [0.2, 0.25) is 0 Å². The summed E-state index contributed by atoms with van der Waals surface area (Å²) in [5, 5.41) is 0. The number of hydrogen-bond donors (Lipinski definition) is 0. The van der Waals surface area contributed by atoms with Crippen molar-refractivity contribution in [2.75, 3.05) is 19.3 Å². The van der Waals surface area contributed by atoms with Gasteiger partial charge >= 0.3 is 0 Å². The highest BCUT2D eigenvalue weighted by Gasteiger charge is 2.26. The number of hydrogen-bond acceptors (Lipinski definition) is 4. The van der Waals surface area contributed by atoms with Crippen molar-refractivity contribution < 1.29 is 17.9 Å². The second-order valence-electron chi connectivity index (χ2n) is 5.66. The van der Waals surface area contributed by atoms with Gasteiger partial charge in [0.2, 0.25) is 6.10 Å². The predicted octanol–water partition coefficient (Wildman–Crippen LogP) is 3.08. The van der Waals surface area contributed by atoms with Crippen molar-refractivity contribution in [1.29, 1.82) is 0 Å². The zero-order valence-corrected chi connectivity index (χ0v) is 15.5. The molecule has 0 bridgehead atoms. The maximum atomic E-state index is 12.8. The number of benzene rings is 2. The van der Waals surface area contributed by atoms with Crippen molar-refractivity contribution in [3.8, 4) is 5.75 Å². The predicted molar refractivity (Wildman–Crippen MR) is 97.3 cm³/mol. The number of rotatable bonds is 7. The maximum absolute atomic E-state index is 12.8. The molecule has 2 rings (SSSR count). The van der Waals surface area contributed by atoms with Crippen molar-refractivity contribution >= 4 is 15.7 Å². The van der Waals surface area contributed by atoms with E-state index in [1.165, 1.54) is 12.1 Å². The molecule has 0 radical (unpaired) electrons. The van der Waals surface area contributed by atoms with Gasteiger partial charge in [0.05, 0.1) is 4.90 Å². The molecule has 0 aliphatic rings. The summed E-state index contributed by atoms with van der Waals surface area (Å²) in [5.41, 5.74) is 0.756. The summed E-state index contributed by atoms with van der Waals surface area (Å²) in [6.45, 7) is 5.03. The standard InChI is InChI=1S/C19H23NO4S/c1-4-20(5-2)19(21)18(15-9-7-6-8-10-15)24-16-11-13-17(14-12-16)25(3,22)23/h6-14,18H,4-5H2,1-3H3. The summed E-state index contributed by atoms with van der Waals surface area (Å²) < 4.78 is 29.1. The molecule has 0 N–H and O–H groups in total. The molecule has 2 aromatic carbocycles. The molecule has 1 unspecified atom stereocenters. The molecule has 0 aromatic heterocycles. The summed E-state index contributed by atoms with van der Waals surface area (Å²) in [6, 6.07) is 15.4. The van der Waals surface area contributed by atoms with Crippen LogP contribution in [0.3, 0.4) is 0 Å². The Labute approximate surface area is 149 Å². The van der Waals surface area contributed by atoms with E-state index in [2.05, 4.69) is 0 Å². The van der Waals surface area contributed by atoms with Gasteiger partial charge in [-0.15, -0.1) is 0 Å². The third-order valence-electron chi connectivity index (χ3n) is 3.91. The molecule has 6 heteroatoms. The molecule has 0 fully saturated rings. The van der Waals surface area contributed by atoms with Crippen LogP contribution in [0, 0.1) is 0 Å². The molecule has 25 heavy (non-hydrogen) atoms. The number of amides is 1. The molecule has 2 aromatic rings. The Balaban J connectivity index is 2.32. The van der Waals surface area contributed by atoms with E-state index in [1.807, 2.05) is 44.2 Å². The first kappa shape index (κ1) is 19.0. The number of likely N-dealkylation sites (N-methyl/N-ethyl adjacent to an activating group) is 1. The Bertz CT molecular complexity index is 797. The van der Waals surface area contributed by atoms with Crippen LogP contribution in [0.5, 0.6) is 5.75 Å². The van der Waals surface area contributed by atoms with Gasteiger partial charge in [-0.05, 0) is 38.1 Å². The quantitative estimate of drug-likeness (QED) is 0.760. The van der Waals surface area contributed by atoms with Gasteiger partial charge in [0.15, 0.2) is 9.84 Å². The van der Waals surface area contributed by atoms with Crippen LogP contribution < -0.4 is 4.74 Å². The molecular weight excluding hydrogens is 338 g/mol. The molecule has 0 saturated carbocycles. The lowest BCUT2D eigenvalue weighted by atomic mass is 10.1. The fourth-order valence-electron chi connectivity index (χ4n) is 2.49. The average molecular weight is 361 g/mol. The highest BCUT2D eigenvalue weighted by molar-refractivity contribution is 7.90. The number of nitrogens with zero attached hydrogens (tertiary/aromatic N) is 1. The third kappa shape index (κ3) is 4.82. The van der Waals surface area contributed by atoms with E-state index in [-0.39, 0.29) is 10.8 Å². The number of ether oxygens (including phenoxy) is 1. The molecule has 0 heterocycles. The van der Waals surface area contributed by atoms with Crippen molar-refractivity contribution in [3.63, 3.8) is 0 Å². The first-order valence-corrected chi connectivity index (χ1v) is 10.1. The lowest BCUT2D eigenvalue weighted by molar-refractivity contribution is -0.138. The largest absolute Gasteiger partial charge is 0.476 e. The lowest BCUT2D eigenvalue weighted by Gasteiger charge is -2.26. The number of carbonyl (C=O) groups excluding carboxylic acids is 1. The van der Waals surface area contributed by atoms with Crippen LogP contribution >= 0.6 is 0 Å². The molecule has 0 saturated heterocycles. The van der Waals surface area contributed by atoms with Gasteiger partial charge in [0.25, 0.3) is 5.91 Å². The fraction of sp³-hybridized carbons (Fsp3) is 0.316. The molecule has 0 aliphatic heterocycles. The maximum Gasteiger partial charge on any atom is 0.268 e. The highest BCUT2D eigenvalue weighted by atomic mass is 32.2.